The molecule has 0 unspecified atom stereocenters. The molecule has 0 saturated heterocycles. The quantitative estimate of drug-likeness (QED) is 0.478. The summed E-state index contributed by atoms with van der Waals surface area (Å²) in [5.41, 5.74) is 1.18. The van der Waals surface area contributed by atoms with Crippen molar-refractivity contribution in [3.8, 4) is 5.75 Å². The normalized spacial score (nSPS) is 10.4. The van der Waals surface area contributed by atoms with Crippen LogP contribution in [0, 0.1) is 0 Å². The molecule has 0 fully saturated rings. The highest BCUT2D eigenvalue weighted by Gasteiger charge is 2.04. The minimum atomic E-state index is -0.721. The number of ether oxygens (including phenoxy) is 1. The average Bonchev–Trinajstić information content (AvgIpc) is 2.44. The lowest BCUT2D eigenvalue weighted by molar-refractivity contribution is -0.137. The zero-order chi connectivity index (χ0) is 14.6. The molecule has 0 radical (unpaired) electrons. The number of unbranched alkanes of at least 4 members (excludes halogenated alkanes) is 3. The molecule has 0 heterocycles. The van der Waals surface area contributed by atoms with Crippen LogP contribution in [0.4, 0.5) is 0 Å². The molecular weight excluding hydrogens is 320 g/mol. The van der Waals surface area contributed by atoms with Gasteiger partial charge < -0.3 is 9.84 Å². The Morgan fingerprint density at radius 2 is 1.90 bits per heavy atom. The van der Waals surface area contributed by atoms with Crippen LogP contribution in [0.15, 0.2) is 24.3 Å². The zero-order valence-electron chi connectivity index (χ0n) is 11.8. The van der Waals surface area contributed by atoms with Gasteiger partial charge in [0.15, 0.2) is 0 Å². The van der Waals surface area contributed by atoms with E-state index in [1.807, 2.05) is 18.2 Å². The second kappa shape index (κ2) is 10.7. The van der Waals surface area contributed by atoms with Gasteiger partial charge in [0.25, 0.3) is 0 Å². The first-order chi connectivity index (χ1) is 9.74. The van der Waals surface area contributed by atoms with Gasteiger partial charge in [-0.3, -0.25) is 4.79 Å². The second-order valence-electron chi connectivity index (χ2n) is 4.81. The van der Waals surface area contributed by atoms with E-state index in [2.05, 4.69) is 22.0 Å². The largest absolute Gasteiger partial charge is 0.493 e. The van der Waals surface area contributed by atoms with Crippen molar-refractivity contribution in [2.24, 2.45) is 0 Å². The molecule has 112 valence electrons. The van der Waals surface area contributed by atoms with E-state index in [4.69, 9.17) is 9.84 Å². The summed E-state index contributed by atoms with van der Waals surface area (Å²) in [6.07, 6.45) is 6.15. The van der Waals surface area contributed by atoms with Crippen LogP contribution in [0.3, 0.4) is 0 Å². The number of para-hydroxylation sites is 1. The number of carboxylic acid groups (broad SMARTS) is 1. The van der Waals surface area contributed by atoms with Gasteiger partial charge in [-0.15, -0.1) is 0 Å². The molecule has 0 aliphatic heterocycles. The van der Waals surface area contributed by atoms with Gasteiger partial charge in [0.05, 0.1) is 6.61 Å². The van der Waals surface area contributed by atoms with E-state index in [1.165, 1.54) is 18.4 Å². The van der Waals surface area contributed by atoms with Crippen molar-refractivity contribution >= 4 is 21.9 Å². The maximum Gasteiger partial charge on any atom is 0.303 e. The minimum absolute atomic E-state index is 0.246. The molecule has 1 rings (SSSR count). The number of aryl methyl sites for hydroxylation is 1. The number of rotatable bonds is 11. The Kier molecular flexibility index (Phi) is 9.13. The maximum atomic E-state index is 10.5. The lowest BCUT2D eigenvalue weighted by Gasteiger charge is -2.11. The predicted octanol–water partition coefficient (Wildman–Crippen LogP) is 4.43. The van der Waals surface area contributed by atoms with E-state index in [0.29, 0.717) is 0 Å². The summed E-state index contributed by atoms with van der Waals surface area (Å²) in [4.78, 5) is 10.5. The maximum absolute atomic E-state index is 10.5. The molecule has 0 bridgehead atoms. The first-order valence-corrected chi connectivity index (χ1v) is 8.34. The van der Waals surface area contributed by atoms with Crippen LogP contribution in [0.2, 0.25) is 0 Å². The first kappa shape index (κ1) is 17.0. The van der Waals surface area contributed by atoms with E-state index in [0.717, 1.165) is 43.4 Å². The summed E-state index contributed by atoms with van der Waals surface area (Å²) in [7, 11) is 0. The summed E-state index contributed by atoms with van der Waals surface area (Å²) < 4.78 is 5.83. The summed E-state index contributed by atoms with van der Waals surface area (Å²) in [5.74, 6) is 0.225. The van der Waals surface area contributed by atoms with Crippen LogP contribution >= 0.6 is 15.9 Å². The van der Waals surface area contributed by atoms with Gasteiger partial charge in [0, 0.05) is 11.8 Å². The van der Waals surface area contributed by atoms with Crippen molar-refractivity contribution in [2.45, 2.75) is 44.9 Å². The van der Waals surface area contributed by atoms with Crippen molar-refractivity contribution < 1.29 is 14.6 Å². The number of carboxylic acids is 1. The van der Waals surface area contributed by atoms with Crippen LogP contribution in [-0.2, 0) is 11.2 Å². The van der Waals surface area contributed by atoms with Gasteiger partial charge >= 0.3 is 5.97 Å². The van der Waals surface area contributed by atoms with E-state index < -0.39 is 5.97 Å². The summed E-state index contributed by atoms with van der Waals surface area (Å²) in [5, 5.41) is 9.67. The number of carbonyl (C=O) groups is 1. The number of hydrogen-bond acceptors (Lipinski definition) is 2. The lowest BCUT2D eigenvalue weighted by Crippen LogP contribution is -2.01. The highest BCUT2D eigenvalue weighted by molar-refractivity contribution is 9.09. The molecule has 0 aromatic heterocycles. The van der Waals surface area contributed by atoms with Crippen LogP contribution in [-0.4, -0.2) is 23.0 Å². The molecule has 0 atom stereocenters. The Hall–Kier alpha value is -1.03. The van der Waals surface area contributed by atoms with Gasteiger partial charge in [-0.2, -0.15) is 0 Å². The average molecular weight is 343 g/mol. The molecule has 0 aliphatic carbocycles. The summed E-state index contributed by atoms with van der Waals surface area (Å²) in [6.45, 7) is 0.749. The first-order valence-electron chi connectivity index (χ1n) is 7.22. The third kappa shape index (κ3) is 7.53. The van der Waals surface area contributed by atoms with Crippen LogP contribution < -0.4 is 4.74 Å². The predicted molar refractivity (Wildman–Crippen MR) is 84.8 cm³/mol. The molecule has 0 aliphatic rings. The highest BCUT2D eigenvalue weighted by Crippen LogP contribution is 2.20. The highest BCUT2D eigenvalue weighted by atomic mass is 79.9. The van der Waals surface area contributed by atoms with Crippen molar-refractivity contribution in [1.82, 2.24) is 0 Å². The van der Waals surface area contributed by atoms with Crippen LogP contribution in [0.25, 0.3) is 0 Å². The Bertz CT molecular complexity index is 393. The van der Waals surface area contributed by atoms with E-state index in [9.17, 15) is 4.79 Å². The monoisotopic (exact) mass is 342 g/mol. The molecule has 1 N–H and O–H groups in total. The molecule has 4 heteroatoms. The Morgan fingerprint density at radius 1 is 1.10 bits per heavy atom. The van der Waals surface area contributed by atoms with Crippen molar-refractivity contribution in [3.63, 3.8) is 0 Å². The molecule has 3 nitrogen and oxygen atoms in total. The topological polar surface area (TPSA) is 46.5 Å². The molecule has 1 aromatic carbocycles. The lowest BCUT2D eigenvalue weighted by atomic mass is 10.1. The smallest absolute Gasteiger partial charge is 0.303 e. The van der Waals surface area contributed by atoms with Crippen molar-refractivity contribution in [1.29, 1.82) is 0 Å². The van der Waals surface area contributed by atoms with E-state index >= 15 is 0 Å². The van der Waals surface area contributed by atoms with Gasteiger partial charge in [0.1, 0.15) is 5.75 Å². The van der Waals surface area contributed by atoms with Crippen molar-refractivity contribution in [2.75, 3.05) is 11.9 Å². The van der Waals surface area contributed by atoms with Crippen LogP contribution in [0.5, 0.6) is 5.75 Å². The van der Waals surface area contributed by atoms with E-state index in [1.54, 1.807) is 0 Å². The fourth-order valence-corrected chi connectivity index (χ4v) is 2.39. The molecular formula is C16H23BrO3. The fraction of sp³-hybridized carbons (Fsp3) is 0.562. The molecule has 0 spiro atoms. The zero-order valence-corrected chi connectivity index (χ0v) is 13.4. The second-order valence-corrected chi connectivity index (χ2v) is 5.60. The number of halogens is 1. The molecule has 0 saturated carbocycles. The summed E-state index contributed by atoms with van der Waals surface area (Å²) >= 11 is 3.42. The van der Waals surface area contributed by atoms with E-state index in [-0.39, 0.29) is 6.42 Å². The SMILES string of the molecule is O=C(O)CCCCc1ccccc1OCCCCCBr. The van der Waals surface area contributed by atoms with Crippen LogP contribution in [0.1, 0.15) is 44.1 Å². The number of alkyl halides is 1. The Labute approximate surface area is 129 Å². The standard InChI is InChI=1S/C16H23BrO3/c17-12-6-1-7-13-20-15-10-4-2-8-14(15)9-3-5-11-16(18)19/h2,4,8,10H,1,3,5-7,9,11-13H2,(H,18,19). The Morgan fingerprint density at radius 3 is 2.65 bits per heavy atom. The molecule has 1 aromatic rings. The Balaban J connectivity index is 2.32. The molecule has 20 heavy (non-hydrogen) atoms. The number of aliphatic carboxylic acids is 1. The third-order valence-electron chi connectivity index (χ3n) is 3.09. The third-order valence-corrected chi connectivity index (χ3v) is 3.66. The molecule has 0 amide bonds. The van der Waals surface area contributed by atoms with Gasteiger partial charge in [-0.05, 0) is 50.2 Å². The fourth-order valence-electron chi connectivity index (χ4n) is 2.00. The minimum Gasteiger partial charge on any atom is -0.493 e. The van der Waals surface area contributed by atoms with Gasteiger partial charge in [-0.25, -0.2) is 0 Å². The van der Waals surface area contributed by atoms with Crippen molar-refractivity contribution in [3.05, 3.63) is 29.8 Å². The number of hydrogen-bond donors (Lipinski definition) is 1. The number of benzene rings is 1. The summed E-state index contributed by atoms with van der Waals surface area (Å²) in [6, 6.07) is 8.05. The van der Waals surface area contributed by atoms with Gasteiger partial charge in [-0.1, -0.05) is 34.1 Å². The van der Waals surface area contributed by atoms with Gasteiger partial charge in [0.2, 0.25) is 0 Å².